The molecule has 142 valence electrons. The number of amides is 2. The van der Waals surface area contributed by atoms with Gasteiger partial charge in [-0.05, 0) is 13.0 Å². The first-order chi connectivity index (χ1) is 12.2. The van der Waals surface area contributed by atoms with Gasteiger partial charge >= 0.3 is 12.0 Å². The number of sulfonamides is 1. The predicted octanol–water partition coefficient (Wildman–Crippen LogP) is -0.771. The van der Waals surface area contributed by atoms with Crippen molar-refractivity contribution in [2.24, 2.45) is 0 Å². The van der Waals surface area contributed by atoms with E-state index in [2.05, 4.69) is 10.6 Å². The highest BCUT2D eigenvalue weighted by Gasteiger charge is 2.25. The third-order valence-electron chi connectivity index (χ3n) is 3.64. The molecule has 2 amide bonds. The molecule has 1 aliphatic rings. The first-order valence-corrected chi connectivity index (χ1v) is 9.17. The monoisotopic (exact) mass is 384 g/mol. The fraction of sp³-hybridized carbons (Fsp3) is 0.400. The van der Waals surface area contributed by atoms with Crippen LogP contribution in [-0.4, -0.2) is 56.5 Å². The lowest BCUT2D eigenvalue weighted by Crippen LogP contribution is -2.45. The van der Waals surface area contributed by atoms with Crippen molar-refractivity contribution in [3.05, 3.63) is 40.0 Å². The molecule has 2 N–H and O–H groups in total. The van der Waals surface area contributed by atoms with E-state index in [1.165, 1.54) is 26.4 Å². The average Bonchev–Trinajstić information content (AvgIpc) is 2.56. The molecule has 0 aromatic carbocycles. The Labute approximate surface area is 150 Å². The maximum absolute atomic E-state index is 12.2. The van der Waals surface area contributed by atoms with Crippen molar-refractivity contribution in [1.29, 1.82) is 0 Å². The van der Waals surface area contributed by atoms with Gasteiger partial charge in [0.15, 0.2) is 0 Å². The lowest BCUT2D eigenvalue weighted by atomic mass is 10.1. The lowest BCUT2D eigenvalue weighted by molar-refractivity contribution is -0.138. The second-order valence-corrected chi connectivity index (χ2v) is 7.76. The molecule has 0 saturated carbocycles. The number of hydrogen-bond donors (Lipinski definition) is 2. The zero-order valence-electron chi connectivity index (χ0n) is 14.6. The van der Waals surface area contributed by atoms with E-state index in [0.29, 0.717) is 0 Å². The molecule has 1 aromatic heterocycles. The van der Waals surface area contributed by atoms with Gasteiger partial charge in [-0.25, -0.2) is 22.3 Å². The maximum Gasteiger partial charge on any atom is 0.337 e. The van der Waals surface area contributed by atoms with Gasteiger partial charge in [0.25, 0.3) is 5.56 Å². The second kappa shape index (κ2) is 7.70. The summed E-state index contributed by atoms with van der Waals surface area (Å²) in [6.45, 7) is 1.56. The molecule has 0 radical (unpaired) electrons. The minimum absolute atomic E-state index is 0.0512. The molecule has 1 aliphatic heterocycles. The van der Waals surface area contributed by atoms with Crippen LogP contribution in [0.3, 0.4) is 0 Å². The molecule has 0 unspecified atom stereocenters. The Morgan fingerprint density at radius 2 is 2.00 bits per heavy atom. The van der Waals surface area contributed by atoms with Crippen molar-refractivity contribution in [1.82, 2.24) is 19.5 Å². The number of nitrogens with one attached hydrogen (secondary N) is 2. The third kappa shape index (κ3) is 4.11. The Morgan fingerprint density at radius 3 is 2.62 bits per heavy atom. The zero-order chi connectivity index (χ0) is 19.5. The van der Waals surface area contributed by atoms with Crippen molar-refractivity contribution in [3.63, 3.8) is 0 Å². The van der Waals surface area contributed by atoms with E-state index in [4.69, 9.17) is 4.74 Å². The van der Waals surface area contributed by atoms with Gasteiger partial charge in [-0.1, -0.05) is 0 Å². The Hall–Kier alpha value is -2.66. The van der Waals surface area contributed by atoms with E-state index in [1.54, 1.807) is 6.92 Å². The predicted molar refractivity (Wildman–Crippen MR) is 91.8 cm³/mol. The molecule has 0 spiro atoms. The van der Waals surface area contributed by atoms with Gasteiger partial charge < -0.3 is 19.9 Å². The van der Waals surface area contributed by atoms with Gasteiger partial charge in [0.2, 0.25) is 10.0 Å². The van der Waals surface area contributed by atoms with Crippen LogP contribution in [0.25, 0.3) is 0 Å². The van der Waals surface area contributed by atoms with Crippen LogP contribution in [0.2, 0.25) is 0 Å². The standard InChI is InChI=1S/C15H20N4O6S/c1-4-25-14(21)11-7-16-15(22)17-12(11)9-19-8-10(5-6-13(19)20)26(23,24)18(2)3/h5-6,8H,4,7,9H2,1-3H3,(H2,16,17,22). The molecule has 2 heterocycles. The number of nitrogens with zero attached hydrogens (tertiary/aromatic N) is 2. The van der Waals surface area contributed by atoms with Crippen LogP contribution in [-0.2, 0) is 26.1 Å². The third-order valence-corrected chi connectivity index (χ3v) is 5.44. The number of hydrogen-bond acceptors (Lipinski definition) is 6. The molecular weight excluding hydrogens is 364 g/mol. The number of pyridine rings is 1. The normalized spacial score (nSPS) is 14.8. The molecule has 0 fully saturated rings. The number of carbonyl (C=O) groups excluding carboxylic acids is 2. The zero-order valence-corrected chi connectivity index (χ0v) is 15.4. The van der Waals surface area contributed by atoms with Crippen molar-refractivity contribution in [2.45, 2.75) is 18.4 Å². The Morgan fingerprint density at radius 1 is 1.31 bits per heavy atom. The van der Waals surface area contributed by atoms with Crippen LogP contribution in [0.15, 0.2) is 39.3 Å². The summed E-state index contributed by atoms with van der Waals surface area (Å²) in [6, 6.07) is 1.79. The number of urea groups is 1. The minimum atomic E-state index is -3.74. The van der Waals surface area contributed by atoms with Gasteiger partial charge in [-0.15, -0.1) is 0 Å². The maximum atomic E-state index is 12.2. The molecule has 0 atom stereocenters. The van der Waals surface area contributed by atoms with Gasteiger partial charge in [0, 0.05) is 26.4 Å². The number of ether oxygens (including phenoxy) is 1. The van der Waals surface area contributed by atoms with E-state index in [9.17, 15) is 22.8 Å². The van der Waals surface area contributed by atoms with Crippen molar-refractivity contribution in [2.75, 3.05) is 27.2 Å². The van der Waals surface area contributed by atoms with Crippen molar-refractivity contribution in [3.8, 4) is 0 Å². The molecule has 0 bridgehead atoms. The van der Waals surface area contributed by atoms with Gasteiger partial charge in [0.05, 0.1) is 35.9 Å². The first kappa shape index (κ1) is 19.7. The summed E-state index contributed by atoms with van der Waals surface area (Å²) in [7, 11) is -0.992. The smallest absolute Gasteiger partial charge is 0.337 e. The fourth-order valence-corrected chi connectivity index (χ4v) is 3.17. The van der Waals surface area contributed by atoms with E-state index >= 15 is 0 Å². The number of rotatable bonds is 6. The van der Waals surface area contributed by atoms with E-state index < -0.39 is 27.6 Å². The summed E-state index contributed by atoms with van der Waals surface area (Å²) in [5, 5.41) is 4.93. The highest BCUT2D eigenvalue weighted by molar-refractivity contribution is 7.89. The Kier molecular flexibility index (Phi) is 5.83. The van der Waals surface area contributed by atoms with Gasteiger partial charge in [-0.3, -0.25) is 4.79 Å². The molecule has 10 nitrogen and oxygen atoms in total. The van der Waals surface area contributed by atoms with Crippen LogP contribution in [0.5, 0.6) is 0 Å². The van der Waals surface area contributed by atoms with Crippen LogP contribution < -0.4 is 16.2 Å². The lowest BCUT2D eigenvalue weighted by Gasteiger charge is -2.22. The van der Waals surface area contributed by atoms with Crippen LogP contribution >= 0.6 is 0 Å². The summed E-state index contributed by atoms with van der Waals surface area (Å²) in [4.78, 5) is 35.7. The summed E-state index contributed by atoms with van der Waals surface area (Å²) in [5.74, 6) is -0.625. The van der Waals surface area contributed by atoms with Crippen LogP contribution in [0.1, 0.15) is 6.92 Å². The van der Waals surface area contributed by atoms with Crippen LogP contribution in [0, 0.1) is 0 Å². The highest BCUT2D eigenvalue weighted by atomic mass is 32.2. The van der Waals surface area contributed by atoms with Gasteiger partial charge in [0.1, 0.15) is 0 Å². The first-order valence-electron chi connectivity index (χ1n) is 7.73. The Balaban J connectivity index is 2.46. The summed E-state index contributed by atoms with van der Waals surface area (Å²) in [5.41, 5.74) is -0.140. The number of esters is 1. The minimum Gasteiger partial charge on any atom is -0.463 e. The topological polar surface area (TPSA) is 127 Å². The number of allylic oxidation sites excluding steroid dienone is 1. The van der Waals surface area contributed by atoms with E-state index in [1.807, 2.05) is 0 Å². The SMILES string of the molecule is CCOC(=O)C1=C(Cn2cc(S(=O)(=O)N(C)C)ccc2=O)NC(=O)NC1. The summed E-state index contributed by atoms with van der Waals surface area (Å²) >= 11 is 0. The molecule has 1 aromatic rings. The molecular formula is C15H20N4O6S. The van der Waals surface area contributed by atoms with E-state index in [0.717, 1.165) is 14.9 Å². The molecule has 0 aliphatic carbocycles. The molecule has 2 rings (SSSR count). The second-order valence-electron chi connectivity index (χ2n) is 5.60. The summed E-state index contributed by atoms with van der Waals surface area (Å²) in [6.07, 6.45) is 1.17. The quantitative estimate of drug-likeness (QED) is 0.620. The van der Waals surface area contributed by atoms with Crippen molar-refractivity contribution < 1.29 is 22.7 Å². The van der Waals surface area contributed by atoms with Crippen LogP contribution in [0.4, 0.5) is 4.79 Å². The number of carbonyl (C=O) groups is 2. The van der Waals surface area contributed by atoms with Gasteiger partial charge in [-0.2, -0.15) is 0 Å². The molecule has 0 saturated heterocycles. The largest absolute Gasteiger partial charge is 0.463 e. The average molecular weight is 384 g/mol. The molecule has 26 heavy (non-hydrogen) atoms. The fourth-order valence-electron chi connectivity index (χ4n) is 2.25. The van der Waals surface area contributed by atoms with Crippen molar-refractivity contribution >= 4 is 22.0 Å². The number of aromatic nitrogens is 1. The molecule has 11 heteroatoms. The van der Waals surface area contributed by atoms with E-state index in [-0.39, 0.29) is 35.9 Å². The summed E-state index contributed by atoms with van der Waals surface area (Å²) < 4.78 is 31.6. The highest BCUT2D eigenvalue weighted by Crippen LogP contribution is 2.13. The Bertz CT molecular complexity index is 916.